The second kappa shape index (κ2) is 12.3. The number of ether oxygens (including phenoxy) is 1. The lowest BCUT2D eigenvalue weighted by Gasteiger charge is -2.24. The molecule has 2 aliphatic heterocycles. The Morgan fingerprint density at radius 1 is 0.943 bits per heavy atom. The van der Waals surface area contributed by atoms with Gasteiger partial charge >= 0.3 is 0 Å². The zero-order valence-corrected chi connectivity index (χ0v) is 21.8. The van der Waals surface area contributed by atoms with Gasteiger partial charge in [-0.25, -0.2) is 19.9 Å². The van der Waals surface area contributed by atoms with Gasteiger partial charge in [0.05, 0.1) is 11.0 Å². The number of para-hydroxylation sites is 2. The van der Waals surface area contributed by atoms with Gasteiger partial charge in [0.1, 0.15) is 17.3 Å². The summed E-state index contributed by atoms with van der Waals surface area (Å²) in [7, 11) is 3.97. The van der Waals surface area contributed by atoms with Crippen molar-refractivity contribution in [2.24, 2.45) is 0 Å². The Labute approximate surface area is 219 Å². The van der Waals surface area contributed by atoms with Crippen LogP contribution in [0.4, 0.5) is 17.5 Å². The van der Waals surface area contributed by atoms with Crippen LogP contribution in [0.5, 0.6) is 0 Å². The molecule has 0 saturated carbocycles. The molecule has 5 rings (SSSR count). The third-order valence-corrected chi connectivity index (χ3v) is 6.13. The zero-order chi connectivity index (χ0) is 22.6. The van der Waals surface area contributed by atoms with Crippen molar-refractivity contribution in [3.8, 4) is 0 Å². The smallest absolute Gasteiger partial charge is 0.156 e. The Morgan fingerprint density at radius 2 is 1.63 bits per heavy atom. The molecule has 0 amide bonds. The molecule has 2 saturated heterocycles. The van der Waals surface area contributed by atoms with E-state index >= 15 is 0 Å². The summed E-state index contributed by atoms with van der Waals surface area (Å²) in [6.45, 7) is 3.67. The molecule has 2 aromatic heterocycles. The van der Waals surface area contributed by atoms with Crippen molar-refractivity contribution in [2.75, 3.05) is 55.5 Å². The van der Waals surface area contributed by atoms with Crippen molar-refractivity contribution < 1.29 is 4.74 Å². The van der Waals surface area contributed by atoms with Gasteiger partial charge in [-0.15, -0.1) is 24.8 Å². The number of fused-ring (bicyclic) bond motifs is 1. The second-order valence-electron chi connectivity index (χ2n) is 8.84. The molecule has 35 heavy (non-hydrogen) atoms. The predicted molar refractivity (Wildman–Crippen MR) is 148 cm³/mol. The highest BCUT2D eigenvalue weighted by molar-refractivity contribution is 5.85. The summed E-state index contributed by atoms with van der Waals surface area (Å²) in [5.41, 5.74) is 2.55. The van der Waals surface area contributed by atoms with Crippen LogP contribution < -0.4 is 15.1 Å². The van der Waals surface area contributed by atoms with E-state index in [4.69, 9.17) is 24.7 Å². The lowest BCUT2D eigenvalue weighted by Crippen LogP contribution is -2.28. The molecule has 8 nitrogen and oxygen atoms in total. The molecule has 188 valence electrons. The van der Waals surface area contributed by atoms with Gasteiger partial charge in [0.15, 0.2) is 11.6 Å². The normalized spacial score (nSPS) is 16.2. The first-order valence-corrected chi connectivity index (χ1v) is 11.8. The quantitative estimate of drug-likeness (QED) is 0.504. The Kier molecular flexibility index (Phi) is 9.48. The lowest BCUT2D eigenvalue weighted by molar-refractivity contribution is 0.0904. The Hall–Kier alpha value is -2.68. The summed E-state index contributed by atoms with van der Waals surface area (Å²) < 4.78 is 5.51. The number of halogens is 2. The number of nitrogens with one attached hydrogen (secondary N) is 1. The standard InChI is InChI=1S/C25H31N7O.2ClH/c1-31(2)25-21(27-19-7-3-4-8-20(19)28-25)9-10-22-29-23(26-18-11-15-33-16-12-18)17-24(30-22)32-13-5-6-14-32;;/h3-4,7-10,17-18H,5-6,11-16H2,1-2H3,(H,26,29,30);2*1H/b10-9+;;. The SMILES string of the molecule is CN(C)c1nc2ccccc2nc1/C=C/c1nc(NC2CCOCC2)cc(N2CCCC2)n1.Cl.Cl. The first-order valence-electron chi connectivity index (χ1n) is 11.8. The first-order chi connectivity index (χ1) is 16.2. The maximum Gasteiger partial charge on any atom is 0.156 e. The molecule has 10 heteroatoms. The van der Waals surface area contributed by atoms with E-state index in [9.17, 15) is 0 Å². The highest BCUT2D eigenvalue weighted by Gasteiger charge is 2.18. The van der Waals surface area contributed by atoms with E-state index in [2.05, 4.69) is 16.3 Å². The number of aromatic nitrogens is 4. The number of benzene rings is 1. The average molecular weight is 518 g/mol. The summed E-state index contributed by atoms with van der Waals surface area (Å²) in [5.74, 6) is 3.35. The molecule has 0 aliphatic carbocycles. The second-order valence-corrected chi connectivity index (χ2v) is 8.84. The van der Waals surface area contributed by atoms with Crippen molar-refractivity contribution in [2.45, 2.75) is 31.7 Å². The van der Waals surface area contributed by atoms with Crippen molar-refractivity contribution in [1.29, 1.82) is 0 Å². The molecule has 0 spiro atoms. The van der Waals surface area contributed by atoms with Gasteiger partial charge < -0.3 is 19.9 Å². The fraction of sp³-hybridized carbons (Fsp3) is 0.440. The van der Waals surface area contributed by atoms with E-state index < -0.39 is 0 Å². The van der Waals surface area contributed by atoms with Gasteiger partial charge in [-0.3, -0.25) is 0 Å². The minimum absolute atomic E-state index is 0. The average Bonchev–Trinajstić information content (AvgIpc) is 3.38. The minimum Gasteiger partial charge on any atom is -0.381 e. The third kappa shape index (κ3) is 6.51. The van der Waals surface area contributed by atoms with E-state index in [1.54, 1.807) is 0 Å². The number of rotatable bonds is 6. The van der Waals surface area contributed by atoms with Crippen LogP contribution in [0.3, 0.4) is 0 Å². The number of anilines is 3. The highest BCUT2D eigenvalue weighted by atomic mass is 35.5. The van der Waals surface area contributed by atoms with Crippen molar-refractivity contribution in [3.63, 3.8) is 0 Å². The third-order valence-electron chi connectivity index (χ3n) is 6.13. The van der Waals surface area contributed by atoms with Crippen molar-refractivity contribution in [3.05, 3.63) is 41.9 Å². The van der Waals surface area contributed by atoms with Crippen LogP contribution in [0.15, 0.2) is 30.3 Å². The number of hydrogen-bond donors (Lipinski definition) is 1. The minimum atomic E-state index is 0. The first kappa shape index (κ1) is 26.9. The van der Waals surface area contributed by atoms with Crippen LogP contribution in [0.25, 0.3) is 23.2 Å². The Morgan fingerprint density at radius 3 is 2.31 bits per heavy atom. The fourth-order valence-electron chi connectivity index (χ4n) is 4.36. The van der Waals surface area contributed by atoms with Crippen LogP contribution in [0, 0.1) is 0 Å². The van der Waals surface area contributed by atoms with Gasteiger partial charge in [-0.05, 0) is 50.0 Å². The van der Waals surface area contributed by atoms with Gasteiger partial charge in [0.25, 0.3) is 0 Å². The predicted octanol–water partition coefficient (Wildman–Crippen LogP) is 4.69. The summed E-state index contributed by atoms with van der Waals surface area (Å²) >= 11 is 0. The fourth-order valence-corrected chi connectivity index (χ4v) is 4.36. The zero-order valence-electron chi connectivity index (χ0n) is 20.2. The number of nitrogens with zero attached hydrogens (tertiary/aromatic N) is 6. The Balaban J connectivity index is 0.00000171. The topological polar surface area (TPSA) is 79.3 Å². The van der Waals surface area contributed by atoms with Gasteiger partial charge in [0.2, 0.25) is 0 Å². The molecule has 0 atom stereocenters. The molecule has 2 aliphatic rings. The summed E-state index contributed by atoms with van der Waals surface area (Å²) in [5, 5.41) is 3.61. The van der Waals surface area contributed by atoms with Gasteiger partial charge in [0, 0.05) is 52.5 Å². The largest absolute Gasteiger partial charge is 0.381 e. The van der Waals surface area contributed by atoms with Crippen LogP contribution in [-0.2, 0) is 4.74 Å². The van der Waals surface area contributed by atoms with Crippen LogP contribution in [0.2, 0.25) is 0 Å². The monoisotopic (exact) mass is 517 g/mol. The van der Waals surface area contributed by atoms with E-state index in [1.807, 2.05) is 55.4 Å². The van der Waals surface area contributed by atoms with Gasteiger partial charge in [-0.1, -0.05) is 12.1 Å². The molecule has 0 radical (unpaired) electrons. The van der Waals surface area contributed by atoms with Gasteiger partial charge in [-0.2, -0.15) is 0 Å². The summed E-state index contributed by atoms with van der Waals surface area (Å²) in [6.07, 6.45) is 8.31. The van der Waals surface area contributed by atoms with E-state index in [-0.39, 0.29) is 24.8 Å². The van der Waals surface area contributed by atoms with Crippen LogP contribution in [-0.4, -0.2) is 66.4 Å². The van der Waals surface area contributed by atoms with E-state index in [1.165, 1.54) is 12.8 Å². The van der Waals surface area contributed by atoms with Crippen LogP contribution >= 0.6 is 24.8 Å². The molecule has 4 heterocycles. The highest BCUT2D eigenvalue weighted by Crippen LogP contribution is 2.24. The summed E-state index contributed by atoms with van der Waals surface area (Å²) in [6, 6.07) is 10.4. The molecule has 3 aromatic rings. The molecule has 0 unspecified atom stereocenters. The maximum atomic E-state index is 5.51. The van der Waals surface area contributed by atoms with Crippen molar-refractivity contribution >= 4 is 65.5 Å². The molecule has 1 aromatic carbocycles. The Bertz CT molecular complexity index is 1150. The van der Waals surface area contributed by atoms with Crippen LogP contribution in [0.1, 0.15) is 37.2 Å². The van der Waals surface area contributed by atoms with Crippen molar-refractivity contribution in [1.82, 2.24) is 19.9 Å². The number of hydrogen-bond acceptors (Lipinski definition) is 8. The molecule has 2 fully saturated rings. The molecule has 1 N–H and O–H groups in total. The van der Waals surface area contributed by atoms with E-state index in [0.29, 0.717) is 11.9 Å². The molecular formula is C25H33Cl2N7O. The summed E-state index contributed by atoms with van der Waals surface area (Å²) in [4.78, 5) is 23.6. The van der Waals surface area contributed by atoms with E-state index in [0.717, 1.165) is 73.3 Å². The molecule has 0 bridgehead atoms. The molecular weight excluding hydrogens is 485 g/mol. The lowest BCUT2D eigenvalue weighted by atomic mass is 10.1. The maximum absolute atomic E-state index is 5.51.